The van der Waals surface area contributed by atoms with Crippen molar-refractivity contribution >= 4 is 23.4 Å². The summed E-state index contributed by atoms with van der Waals surface area (Å²) in [6, 6.07) is 11.3. The van der Waals surface area contributed by atoms with Gasteiger partial charge in [0.2, 0.25) is 11.9 Å². The fourth-order valence-corrected chi connectivity index (χ4v) is 4.95. The van der Waals surface area contributed by atoms with Crippen molar-refractivity contribution in [1.82, 2.24) is 29.9 Å². The predicted molar refractivity (Wildman–Crippen MR) is 145 cm³/mol. The van der Waals surface area contributed by atoms with E-state index in [9.17, 15) is 4.79 Å². The smallest absolute Gasteiger partial charge is 0.252 e. The second kappa shape index (κ2) is 10.5. The van der Waals surface area contributed by atoms with Crippen LogP contribution in [-0.2, 0) is 17.7 Å². The fourth-order valence-electron chi connectivity index (χ4n) is 4.95. The van der Waals surface area contributed by atoms with Gasteiger partial charge in [-0.25, -0.2) is 24.9 Å². The van der Waals surface area contributed by atoms with Gasteiger partial charge in [-0.2, -0.15) is 0 Å². The van der Waals surface area contributed by atoms with Crippen LogP contribution in [0, 0.1) is 0 Å². The van der Waals surface area contributed by atoms with Crippen molar-refractivity contribution in [3.63, 3.8) is 0 Å². The van der Waals surface area contributed by atoms with Crippen LogP contribution in [0.4, 0.5) is 23.4 Å². The van der Waals surface area contributed by atoms with Gasteiger partial charge < -0.3 is 19.9 Å². The summed E-state index contributed by atoms with van der Waals surface area (Å²) in [5.74, 6) is 2.77. The van der Waals surface area contributed by atoms with E-state index in [1.54, 1.807) is 12.4 Å². The third-order valence-corrected chi connectivity index (χ3v) is 6.93. The molecule has 6 rings (SSSR count). The Bertz CT molecular complexity index is 1460. The lowest BCUT2D eigenvalue weighted by Crippen LogP contribution is -2.47. The molecule has 0 spiro atoms. The van der Waals surface area contributed by atoms with E-state index >= 15 is 0 Å². The maximum absolute atomic E-state index is 11.6. The Hall–Kier alpha value is -4.38. The van der Waals surface area contributed by atoms with Gasteiger partial charge in [-0.15, -0.1) is 0 Å². The zero-order valence-electron chi connectivity index (χ0n) is 21.2. The van der Waals surface area contributed by atoms with Crippen LogP contribution < -0.4 is 20.7 Å². The Morgan fingerprint density at radius 1 is 1.05 bits per heavy atom. The number of rotatable bonds is 6. The number of hydrogen-bond donors (Lipinski definition) is 2. The average molecular weight is 512 g/mol. The van der Waals surface area contributed by atoms with Crippen LogP contribution in [-0.4, -0.2) is 62.2 Å². The van der Waals surface area contributed by atoms with Crippen LogP contribution in [0.5, 0.6) is 0 Å². The van der Waals surface area contributed by atoms with Crippen LogP contribution in [0.3, 0.4) is 0 Å². The van der Waals surface area contributed by atoms with Gasteiger partial charge in [0, 0.05) is 54.6 Å². The molecule has 1 saturated heterocycles. The summed E-state index contributed by atoms with van der Waals surface area (Å²) in [6.45, 7) is 5.81. The molecule has 0 amide bonds. The van der Waals surface area contributed by atoms with E-state index in [2.05, 4.69) is 42.0 Å². The Morgan fingerprint density at radius 3 is 2.68 bits per heavy atom. The normalized spacial score (nSPS) is 17.2. The van der Waals surface area contributed by atoms with Crippen molar-refractivity contribution in [3.05, 3.63) is 76.6 Å². The minimum Gasteiger partial charge on any atom is -0.377 e. The lowest BCUT2D eigenvalue weighted by molar-refractivity contribution is 0.0924. The maximum atomic E-state index is 11.6. The van der Waals surface area contributed by atoms with Crippen LogP contribution in [0.2, 0.25) is 0 Å². The molecule has 3 aromatic heterocycles. The number of hydrogen-bond acceptors (Lipinski definition) is 10. The SMILES string of the molecule is CCC1COCCN1c1nc(-c2ccc(Nc3nccc(=O)[nH]3)cc2)nc2c1CCN(c1ncccn1)C2. The van der Waals surface area contributed by atoms with Gasteiger partial charge in [-0.1, -0.05) is 6.92 Å². The Labute approximate surface area is 220 Å². The number of nitrogens with one attached hydrogen (secondary N) is 2. The number of ether oxygens (including phenoxy) is 1. The summed E-state index contributed by atoms with van der Waals surface area (Å²) in [5.41, 5.74) is 3.69. The van der Waals surface area contributed by atoms with Crippen LogP contribution >= 0.6 is 0 Å². The minimum absolute atomic E-state index is 0.211. The van der Waals surface area contributed by atoms with Gasteiger partial charge in [0.15, 0.2) is 5.82 Å². The molecule has 38 heavy (non-hydrogen) atoms. The molecule has 2 N–H and O–H groups in total. The van der Waals surface area contributed by atoms with Crippen molar-refractivity contribution in [2.24, 2.45) is 0 Å². The topological polar surface area (TPSA) is 125 Å². The first-order valence-electron chi connectivity index (χ1n) is 12.9. The summed E-state index contributed by atoms with van der Waals surface area (Å²) in [6.07, 6.45) is 6.81. The van der Waals surface area contributed by atoms with E-state index in [0.717, 1.165) is 48.7 Å². The quantitative estimate of drug-likeness (QED) is 0.399. The van der Waals surface area contributed by atoms with E-state index in [1.807, 2.05) is 30.3 Å². The van der Waals surface area contributed by atoms with Crippen LogP contribution in [0.25, 0.3) is 11.4 Å². The van der Waals surface area contributed by atoms with E-state index < -0.39 is 0 Å². The first-order valence-corrected chi connectivity index (χ1v) is 12.9. The van der Waals surface area contributed by atoms with Gasteiger partial charge in [-0.3, -0.25) is 9.78 Å². The van der Waals surface area contributed by atoms with Crippen molar-refractivity contribution < 1.29 is 4.74 Å². The zero-order valence-corrected chi connectivity index (χ0v) is 21.2. The minimum atomic E-state index is -0.211. The third kappa shape index (κ3) is 4.92. The van der Waals surface area contributed by atoms with Gasteiger partial charge in [0.25, 0.3) is 5.56 Å². The molecular formula is C27H29N9O2. The van der Waals surface area contributed by atoms with Crippen molar-refractivity contribution in [2.45, 2.75) is 32.4 Å². The van der Waals surface area contributed by atoms with E-state index in [0.29, 0.717) is 37.5 Å². The summed E-state index contributed by atoms with van der Waals surface area (Å²) < 4.78 is 5.78. The number of aromatic amines is 1. The predicted octanol–water partition coefficient (Wildman–Crippen LogP) is 2.94. The molecule has 5 heterocycles. The molecule has 4 aromatic rings. The zero-order chi connectivity index (χ0) is 25.9. The first kappa shape index (κ1) is 24.0. The molecule has 2 aliphatic rings. The Balaban J connectivity index is 1.36. The van der Waals surface area contributed by atoms with E-state index in [4.69, 9.17) is 14.7 Å². The highest BCUT2D eigenvalue weighted by molar-refractivity contribution is 5.65. The summed E-state index contributed by atoms with van der Waals surface area (Å²) in [5, 5.41) is 3.12. The summed E-state index contributed by atoms with van der Waals surface area (Å²) >= 11 is 0. The number of nitrogens with zero attached hydrogens (tertiary/aromatic N) is 7. The van der Waals surface area contributed by atoms with Gasteiger partial charge in [0.1, 0.15) is 5.82 Å². The fraction of sp³-hybridized carbons (Fsp3) is 0.333. The number of fused-ring (bicyclic) bond motifs is 1. The molecule has 0 aliphatic carbocycles. The summed E-state index contributed by atoms with van der Waals surface area (Å²) in [7, 11) is 0. The van der Waals surface area contributed by atoms with Gasteiger partial charge in [0.05, 0.1) is 31.5 Å². The van der Waals surface area contributed by atoms with Crippen molar-refractivity contribution in [3.8, 4) is 11.4 Å². The molecule has 1 fully saturated rings. The first-order chi connectivity index (χ1) is 18.7. The molecule has 1 unspecified atom stereocenters. The number of morpholine rings is 1. The molecule has 0 bridgehead atoms. The maximum Gasteiger partial charge on any atom is 0.252 e. The highest BCUT2D eigenvalue weighted by Gasteiger charge is 2.30. The molecule has 0 saturated carbocycles. The van der Waals surface area contributed by atoms with Crippen molar-refractivity contribution in [1.29, 1.82) is 0 Å². The molecule has 11 heteroatoms. The van der Waals surface area contributed by atoms with Crippen molar-refractivity contribution in [2.75, 3.05) is 41.4 Å². The second-order valence-electron chi connectivity index (χ2n) is 9.33. The van der Waals surface area contributed by atoms with Gasteiger partial charge >= 0.3 is 0 Å². The Morgan fingerprint density at radius 2 is 1.89 bits per heavy atom. The highest BCUT2D eigenvalue weighted by Crippen LogP contribution is 2.33. The number of anilines is 4. The van der Waals surface area contributed by atoms with Crippen LogP contribution in [0.15, 0.2) is 59.8 Å². The molecule has 1 atom stereocenters. The highest BCUT2D eigenvalue weighted by atomic mass is 16.5. The molecule has 0 radical (unpaired) electrons. The molecule has 1 aromatic carbocycles. The monoisotopic (exact) mass is 511 g/mol. The molecule has 194 valence electrons. The van der Waals surface area contributed by atoms with E-state index in [-0.39, 0.29) is 11.6 Å². The number of benzene rings is 1. The molecule has 2 aliphatic heterocycles. The molecule has 11 nitrogen and oxygen atoms in total. The van der Waals surface area contributed by atoms with Crippen LogP contribution in [0.1, 0.15) is 24.6 Å². The third-order valence-electron chi connectivity index (χ3n) is 6.93. The number of aromatic nitrogens is 6. The lowest BCUT2D eigenvalue weighted by Gasteiger charge is -2.39. The second-order valence-corrected chi connectivity index (χ2v) is 9.33. The standard InChI is InChI=1S/C27H29N9O2/c1-2-20-17-38-15-14-36(20)25-21-9-13-35(27-29-10-3-11-30-27)16-22(21)32-24(34-25)18-4-6-19(7-5-18)31-26-28-12-8-23(37)33-26/h3-8,10-12,20H,2,9,13-17H2,1H3,(H2,28,31,33,37). The summed E-state index contributed by atoms with van der Waals surface area (Å²) in [4.78, 5) is 42.1. The largest absolute Gasteiger partial charge is 0.377 e. The average Bonchev–Trinajstić information content (AvgIpc) is 2.97. The van der Waals surface area contributed by atoms with E-state index in [1.165, 1.54) is 17.8 Å². The number of H-pyrrole nitrogens is 1. The van der Waals surface area contributed by atoms with Gasteiger partial charge in [-0.05, 0) is 43.2 Å². The molecular weight excluding hydrogens is 482 g/mol. The Kier molecular flexibility index (Phi) is 6.65. The lowest BCUT2D eigenvalue weighted by atomic mass is 10.0.